The molecule has 0 aliphatic carbocycles. The molecule has 1 saturated heterocycles. The maximum atomic E-state index is 5.42. The van der Waals surface area contributed by atoms with Gasteiger partial charge in [0.15, 0.2) is 10.9 Å². The van der Waals surface area contributed by atoms with Crippen LogP contribution in [0.15, 0.2) is 12.4 Å². The topological polar surface area (TPSA) is 54.4 Å². The number of hydrogen-bond donors (Lipinski definition) is 0. The monoisotopic (exact) mass is 319 g/mol. The zero-order valence-electron chi connectivity index (χ0n) is 13.2. The summed E-state index contributed by atoms with van der Waals surface area (Å²) in [5.41, 5.74) is 1.14. The summed E-state index contributed by atoms with van der Waals surface area (Å²) >= 11 is 1.78. The molecule has 0 bridgehead atoms. The van der Waals surface area contributed by atoms with Crippen LogP contribution >= 0.6 is 11.3 Å². The fourth-order valence-electron chi connectivity index (χ4n) is 2.43. The molecule has 0 amide bonds. The number of anilines is 2. The Bertz CT molecular complexity index is 617. The molecule has 1 aliphatic heterocycles. The molecule has 0 saturated carbocycles. The number of aromatic nitrogens is 3. The lowest BCUT2D eigenvalue weighted by Gasteiger charge is -2.35. The van der Waals surface area contributed by atoms with Gasteiger partial charge in [0.2, 0.25) is 5.88 Å². The summed E-state index contributed by atoms with van der Waals surface area (Å²) in [5, 5.41) is 1.13. The van der Waals surface area contributed by atoms with E-state index >= 15 is 0 Å². The van der Waals surface area contributed by atoms with Gasteiger partial charge >= 0.3 is 0 Å². The highest BCUT2D eigenvalue weighted by Gasteiger charge is 2.21. The Balaban J connectivity index is 1.65. The van der Waals surface area contributed by atoms with Crippen molar-refractivity contribution in [3.8, 4) is 5.88 Å². The first-order valence-corrected chi connectivity index (χ1v) is 8.37. The van der Waals surface area contributed by atoms with Gasteiger partial charge in [-0.25, -0.2) is 4.98 Å². The molecule has 1 aliphatic rings. The average Bonchev–Trinajstić information content (AvgIpc) is 2.88. The van der Waals surface area contributed by atoms with Crippen molar-refractivity contribution >= 4 is 22.3 Å². The highest BCUT2D eigenvalue weighted by atomic mass is 32.1. The minimum absolute atomic E-state index is 0.591. The van der Waals surface area contributed by atoms with Crippen molar-refractivity contribution in [3.05, 3.63) is 23.0 Å². The van der Waals surface area contributed by atoms with E-state index in [9.17, 15) is 0 Å². The largest absolute Gasteiger partial charge is 0.477 e. The van der Waals surface area contributed by atoms with Gasteiger partial charge in [0.05, 0.1) is 24.7 Å². The maximum absolute atomic E-state index is 5.42. The lowest BCUT2D eigenvalue weighted by atomic mass is 10.3. The first kappa shape index (κ1) is 15.0. The van der Waals surface area contributed by atoms with Crippen LogP contribution < -0.4 is 14.5 Å². The highest BCUT2D eigenvalue weighted by molar-refractivity contribution is 7.15. The lowest BCUT2D eigenvalue weighted by Crippen LogP contribution is -2.46. The molecule has 118 valence electrons. The maximum Gasteiger partial charge on any atom is 0.234 e. The van der Waals surface area contributed by atoms with Crippen LogP contribution in [0.3, 0.4) is 0 Å². The SMILES string of the molecule is CCOc1cncc(N2CCN(c3nc(C)c(C)s3)CC2)n1. The van der Waals surface area contributed by atoms with E-state index in [0.29, 0.717) is 12.5 Å². The highest BCUT2D eigenvalue weighted by Crippen LogP contribution is 2.26. The van der Waals surface area contributed by atoms with Crippen molar-refractivity contribution < 1.29 is 4.74 Å². The second-order valence-corrected chi connectivity index (χ2v) is 6.44. The summed E-state index contributed by atoms with van der Waals surface area (Å²) in [4.78, 5) is 19.3. The number of hydrogen-bond acceptors (Lipinski definition) is 7. The van der Waals surface area contributed by atoms with Gasteiger partial charge in [-0.15, -0.1) is 11.3 Å². The summed E-state index contributed by atoms with van der Waals surface area (Å²) in [6, 6.07) is 0. The third-order valence-corrected chi connectivity index (χ3v) is 4.92. The second-order valence-electron chi connectivity index (χ2n) is 5.26. The standard InChI is InChI=1S/C15H21N5OS/c1-4-21-14-10-16-9-13(18-14)19-5-7-20(8-6-19)15-17-11(2)12(3)22-15/h9-10H,4-8H2,1-3H3. The summed E-state index contributed by atoms with van der Waals surface area (Å²) < 4.78 is 5.42. The third-order valence-electron chi connectivity index (χ3n) is 3.78. The molecule has 0 N–H and O–H groups in total. The Morgan fingerprint density at radius 2 is 1.82 bits per heavy atom. The zero-order valence-corrected chi connectivity index (χ0v) is 14.1. The third kappa shape index (κ3) is 3.14. The van der Waals surface area contributed by atoms with Crippen molar-refractivity contribution in [2.24, 2.45) is 0 Å². The first-order chi connectivity index (χ1) is 10.7. The summed E-state index contributed by atoms with van der Waals surface area (Å²) in [6.45, 7) is 10.5. The predicted octanol–water partition coefficient (Wildman–Crippen LogP) is 2.28. The first-order valence-electron chi connectivity index (χ1n) is 7.56. The van der Waals surface area contributed by atoms with E-state index in [2.05, 4.69) is 38.6 Å². The van der Waals surface area contributed by atoms with Crippen LogP contribution in [0.1, 0.15) is 17.5 Å². The predicted molar refractivity (Wildman–Crippen MR) is 89.2 cm³/mol. The van der Waals surface area contributed by atoms with Crippen LogP contribution in [0.5, 0.6) is 5.88 Å². The average molecular weight is 319 g/mol. The van der Waals surface area contributed by atoms with Crippen LogP contribution in [-0.4, -0.2) is 47.7 Å². The van der Waals surface area contributed by atoms with E-state index in [1.54, 1.807) is 23.7 Å². The van der Waals surface area contributed by atoms with E-state index in [-0.39, 0.29) is 0 Å². The molecule has 7 heteroatoms. The van der Waals surface area contributed by atoms with Gasteiger partial charge in [-0.3, -0.25) is 4.98 Å². The molecular formula is C15H21N5OS. The summed E-state index contributed by atoms with van der Waals surface area (Å²) in [7, 11) is 0. The van der Waals surface area contributed by atoms with Crippen molar-refractivity contribution in [1.29, 1.82) is 0 Å². The molecule has 6 nitrogen and oxygen atoms in total. The van der Waals surface area contributed by atoms with Gasteiger partial charge in [-0.2, -0.15) is 4.98 Å². The zero-order chi connectivity index (χ0) is 15.5. The lowest BCUT2D eigenvalue weighted by molar-refractivity contribution is 0.325. The number of aryl methyl sites for hydroxylation is 2. The quantitative estimate of drug-likeness (QED) is 0.862. The van der Waals surface area contributed by atoms with Gasteiger partial charge in [-0.1, -0.05) is 0 Å². The van der Waals surface area contributed by atoms with Gasteiger partial charge < -0.3 is 14.5 Å². The van der Waals surface area contributed by atoms with E-state index in [0.717, 1.165) is 42.8 Å². The van der Waals surface area contributed by atoms with Crippen LogP contribution in [-0.2, 0) is 0 Å². The number of piperazine rings is 1. The van der Waals surface area contributed by atoms with Crippen molar-refractivity contribution in [3.63, 3.8) is 0 Å². The summed E-state index contributed by atoms with van der Waals surface area (Å²) in [5.74, 6) is 1.48. The molecule has 1 fully saturated rings. The molecule has 0 unspecified atom stereocenters. The minimum Gasteiger partial charge on any atom is -0.477 e. The molecule has 3 rings (SSSR count). The van der Waals surface area contributed by atoms with Crippen molar-refractivity contribution in [1.82, 2.24) is 15.0 Å². The van der Waals surface area contributed by atoms with Crippen molar-refractivity contribution in [2.45, 2.75) is 20.8 Å². The molecule has 0 radical (unpaired) electrons. The molecule has 0 spiro atoms. The fourth-order valence-corrected chi connectivity index (χ4v) is 3.39. The van der Waals surface area contributed by atoms with Gasteiger partial charge in [0, 0.05) is 31.1 Å². The number of thiazole rings is 1. The van der Waals surface area contributed by atoms with Gasteiger partial charge in [-0.05, 0) is 20.8 Å². The Kier molecular flexibility index (Phi) is 4.42. The molecule has 0 aromatic carbocycles. The Morgan fingerprint density at radius 1 is 1.09 bits per heavy atom. The number of nitrogens with zero attached hydrogens (tertiary/aromatic N) is 5. The molecular weight excluding hydrogens is 298 g/mol. The molecule has 2 aromatic rings. The smallest absolute Gasteiger partial charge is 0.234 e. The number of ether oxygens (including phenoxy) is 1. The van der Waals surface area contributed by atoms with E-state index in [1.807, 2.05) is 6.92 Å². The van der Waals surface area contributed by atoms with Gasteiger partial charge in [0.1, 0.15) is 0 Å². The molecule has 0 atom stereocenters. The Morgan fingerprint density at radius 3 is 2.45 bits per heavy atom. The molecule has 3 heterocycles. The van der Waals surface area contributed by atoms with Crippen LogP contribution in [0.4, 0.5) is 10.9 Å². The van der Waals surface area contributed by atoms with Crippen molar-refractivity contribution in [2.75, 3.05) is 42.6 Å². The fraction of sp³-hybridized carbons (Fsp3) is 0.533. The second kappa shape index (κ2) is 6.48. The minimum atomic E-state index is 0.591. The normalized spacial score (nSPS) is 15.2. The Labute approximate surface area is 134 Å². The summed E-state index contributed by atoms with van der Waals surface area (Å²) in [6.07, 6.45) is 3.46. The molecule has 2 aromatic heterocycles. The number of rotatable bonds is 4. The van der Waals surface area contributed by atoms with E-state index < -0.39 is 0 Å². The van der Waals surface area contributed by atoms with Gasteiger partial charge in [0.25, 0.3) is 0 Å². The Hall–Kier alpha value is -1.89. The molecule has 22 heavy (non-hydrogen) atoms. The van der Waals surface area contributed by atoms with Crippen LogP contribution in [0, 0.1) is 13.8 Å². The van der Waals surface area contributed by atoms with Crippen LogP contribution in [0.2, 0.25) is 0 Å². The van der Waals surface area contributed by atoms with E-state index in [4.69, 9.17) is 4.74 Å². The van der Waals surface area contributed by atoms with E-state index in [1.165, 1.54) is 4.88 Å². The van der Waals surface area contributed by atoms with Crippen LogP contribution in [0.25, 0.3) is 0 Å².